The molecular weight excluding hydrogens is 224 g/mol. The highest BCUT2D eigenvalue weighted by molar-refractivity contribution is 5.22. The summed E-state index contributed by atoms with van der Waals surface area (Å²) in [5.41, 5.74) is 0.646. The lowest BCUT2D eigenvalue weighted by molar-refractivity contribution is 0.0962. The van der Waals surface area contributed by atoms with Gasteiger partial charge >= 0.3 is 0 Å². The Kier molecular flexibility index (Phi) is 3.74. The summed E-state index contributed by atoms with van der Waals surface area (Å²) < 4.78 is 31.9. The monoisotopic (exact) mass is 241 g/mol. The van der Waals surface area contributed by atoms with Gasteiger partial charge in [0.25, 0.3) is 0 Å². The van der Waals surface area contributed by atoms with Gasteiger partial charge in [-0.25, -0.2) is 8.78 Å². The number of benzene rings is 1. The molecule has 1 fully saturated rings. The first-order valence-electron chi connectivity index (χ1n) is 5.86. The van der Waals surface area contributed by atoms with Crippen molar-refractivity contribution in [2.75, 3.05) is 13.7 Å². The number of rotatable bonds is 3. The third-order valence-corrected chi connectivity index (χ3v) is 3.42. The van der Waals surface area contributed by atoms with E-state index in [0.29, 0.717) is 12.2 Å². The van der Waals surface area contributed by atoms with Crippen molar-refractivity contribution < 1.29 is 13.5 Å². The van der Waals surface area contributed by atoms with Crippen LogP contribution < -0.4 is 5.32 Å². The molecule has 0 aliphatic carbocycles. The average Bonchev–Trinajstić information content (AvgIpc) is 2.65. The number of hydrogen-bond donors (Lipinski definition) is 1. The smallest absolute Gasteiger partial charge is 0.126 e. The molecule has 0 spiro atoms. The van der Waals surface area contributed by atoms with Crippen molar-refractivity contribution in [3.05, 3.63) is 35.4 Å². The first-order chi connectivity index (χ1) is 8.11. The first kappa shape index (κ1) is 12.5. The SMILES string of the molecule is CNC(c1cc(F)cc(F)c1)C1CCOC1C. The minimum absolute atomic E-state index is 0.0716. The maximum Gasteiger partial charge on any atom is 0.126 e. The van der Waals surface area contributed by atoms with Crippen LogP contribution >= 0.6 is 0 Å². The molecule has 0 radical (unpaired) electrons. The molecule has 0 amide bonds. The second kappa shape index (κ2) is 5.10. The summed E-state index contributed by atoms with van der Waals surface area (Å²) in [6.07, 6.45) is 1.02. The lowest BCUT2D eigenvalue weighted by Crippen LogP contribution is -2.29. The van der Waals surface area contributed by atoms with Gasteiger partial charge in [-0.05, 0) is 38.1 Å². The highest BCUT2D eigenvalue weighted by atomic mass is 19.1. The Morgan fingerprint density at radius 1 is 1.29 bits per heavy atom. The van der Waals surface area contributed by atoms with E-state index in [1.807, 2.05) is 6.92 Å². The van der Waals surface area contributed by atoms with E-state index in [4.69, 9.17) is 4.74 Å². The fourth-order valence-corrected chi connectivity index (χ4v) is 2.57. The average molecular weight is 241 g/mol. The van der Waals surface area contributed by atoms with Crippen molar-refractivity contribution in [2.45, 2.75) is 25.5 Å². The largest absolute Gasteiger partial charge is 0.378 e. The Hall–Kier alpha value is -1.00. The van der Waals surface area contributed by atoms with Gasteiger partial charge in [0.1, 0.15) is 11.6 Å². The van der Waals surface area contributed by atoms with Gasteiger partial charge in [0.05, 0.1) is 6.10 Å². The summed E-state index contributed by atoms with van der Waals surface area (Å²) in [6.45, 7) is 2.71. The molecule has 94 valence electrons. The molecule has 2 nitrogen and oxygen atoms in total. The normalized spacial score (nSPS) is 26.1. The van der Waals surface area contributed by atoms with Crippen LogP contribution in [0.25, 0.3) is 0 Å². The molecule has 1 aromatic rings. The van der Waals surface area contributed by atoms with Crippen LogP contribution in [0.4, 0.5) is 8.78 Å². The highest BCUT2D eigenvalue weighted by Gasteiger charge is 2.32. The van der Waals surface area contributed by atoms with Crippen LogP contribution in [-0.2, 0) is 4.74 Å². The van der Waals surface area contributed by atoms with E-state index in [1.54, 1.807) is 7.05 Å². The molecule has 0 bridgehead atoms. The van der Waals surface area contributed by atoms with Crippen molar-refractivity contribution in [2.24, 2.45) is 5.92 Å². The van der Waals surface area contributed by atoms with Gasteiger partial charge < -0.3 is 10.1 Å². The van der Waals surface area contributed by atoms with Gasteiger partial charge in [-0.3, -0.25) is 0 Å². The van der Waals surface area contributed by atoms with Gasteiger partial charge in [-0.1, -0.05) is 0 Å². The fourth-order valence-electron chi connectivity index (χ4n) is 2.57. The third kappa shape index (κ3) is 2.64. The molecule has 1 aliphatic rings. The number of hydrogen-bond acceptors (Lipinski definition) is 2. The van der Waals surface area contributed by atoms with Crippen LogP contribution in [0.15, 0.2) is 18.2 Å². The molecule has 4 heteroatoms. The predicted octanol–water partition coefficient (Wildman–Crippen LogP) is 2.65. The number of nitrogens with one attached hydrogen (secondary N) is 1. The van der Waals surface area contributed by atoms with E-state index in [0.717, 1.165) is 12.5 Å². The predicted molar refractivity (Wildman–Crippen MR) is 61.7 cm³/mol. The van der Waals surface area contributed by atoms with Gasteiger partial charge in [0.2, 0.25) is 0 Å². The molecule has 1 N–H and O–H groups in total. The summed E-state index contributed by atoms with van der Waals surface area (Å²) in [7, 11) is 1.80. The van der Waals surface area contributed by atoms with Gasteiger partial charge in [0.15, 0.2) is 0 Å². The Bertz CT molecular complexity index is 377. The molecule has 2 rings (SSSR count). The van der Waals surface area contributed by atoms with E-state index < -0.39 is 11.6 Å². The summed E-state index contributed by atoms with van der Waals surface area (Å²) >= 11 is 0. The molecule has 1 heterocycles. The van der Waals surface area contributed by atoms with E-state index in [-0.39, 0.29) is 18.1 Å². The first-order valence-corrected chi connectivity index (χ1v) is 5.86. The zero-order valence-corrected chi connectivity index (χ0v) is 10.0. The molecule has 3 atom stereocenters. The molecule has 3 unspecified atom stereocenters. The number of halogens is 2. The van der Waals surface area contributed by atoms with Gasteiger partial charge in [0, 0.05) is 24.6 Å². The van der Waals surface area contributed by atoms with Crippen LogP contribution in [0.3, 0.4) is 0 Å². The Balaban J connectivity index is 2.28. The Labute approximate surface area is 100.0 Å². The van der Waals surface area contributed by atoms with Crippen LogP contribution in [-0.4, -0.2) is 19.8 Å². The van der Waals surface area contributed by atoms with Crippen LogP contribution in [0, 0.1) is 17.6 Å². The lowest BCUT2D eigenvalue weighted by Gasteiger charge is -2.26. The van der Waals surface area contributed by atoms with Crippen molar-refractivity contribution >= 4 is 0 Å². The molecular formula is C13H17F2NO. The molecule has 1 aromatic carbocycles. The summed E-state index contributed by atoms with van der Waals surface area (Å²) in [5, 5.41) is 3.13. The van der Waals surface area contributed by atoms with E-state index >= 15 is 0 Å². The molecule has 17 heavy (non-hydrogen) atoms. The molecule has 1 saturated heterocycles. The maximum absolute atomic E-state index is 13.2. The van der Waals surface area contributed by atoms with Crippen LogP contribution in [0.5, 0.6) is 0 Å². The zero-order chi connectivity index (χ0) is 12.4. The van der Waals surface area contributed by atoms with Crippen molar-refractivity contribution in [3.63, 3.8) is 0 Å². The van der Waals surface area contributed by atoms with Crippen molar-refractivity contribution in [3.8, 4) is 0 Å². The van der Waals surface area contributed by atoms with Crippen molar-refractivity contribution in [1.29, 1.82) is 0 Å². The number of ether oxygens (including phenoxy) is 1. The van der Waals surface area contributed by atoms with E-state index in [1.165, 1.54) is 12.1 Å². The summed E-state index contributed by atoms with van der Waals surface area (Å²) in [6, 6.07) is 3.59. The minimum Gasteiger partial charge on any atom is -0.378 e. The van der Waals surface area contributed by atoms with E-state index in [2.05, 4.69) is 5.32 Å². The lowest BCUT2D eigenvalue weighted by atomic mass is 9.88. The minimum atomic E-state index is -0.535. The van der Waals surface area contributed by atoms with Crippen LogP contribution in [0.2, 0.25) is 0 Å². The van der Waals surface area contributed by atoms with Crippen molar-refractivity contribution in [1.82, 2.24) is 5.32 Å². The standard InChI is InChI=1S/C13H17F2NO/c1-8-12(3-4-17-8)13(16-2)9-5-10(14)7-11(15)6-9/h5-8,12-13,16H,3-4H2,1-2H3. The zero-order valence-electron chi connectivity index (χ0n) is 10.0. The van der Waals surface area contributed by atoms with Gasteiger partial charge in [-0.2, -0.15) is 0 Å². The Morgan fingerprint density at radius 2 is 1.94 bits per heavy atom. The highest BCUT2D eigenvalue weighted by Crippen LogP contribution is 2.33. The quantitative estimate of drug-likeness (QED) is 0.878. The topological polar surface area (TPSA) is 21.3 Å². The summed E-state index contributed by atoms with van der Waals surface area (Å²) in [5.74, 6) is -0.820. The third-order valence-electron chi connectivity index (χ3n) is 3.42. The summed E-state index contributed by atoms with van der Waals surface area (Å²) in [4.78, 5) is 0. The molecule has 0 aromatic heterocycles. The molecule has 1 aliphatic heterocycles. The fraction of sp³-hybridized carbons (Fsp3) is 0.538. The second-order valence-electron chi connectivity index (χ2n) is 4.50. The van der Waals surface area contributed by atoms with Crippen LogP contribution in [0.1, 0.15) is 24.9 Å². The second-order valence-corrected chi connectivity index (χ2v) is 4.50. The molecule has 0 saturated carbocycles. The van der Waals surface area contributed by atoms with E-state index in [9.17, 15) is 8.78 Å². The van der Waals surface area contributed by atoms with Gasteiger partial charge in [-0.15, -0.1) is 0 Å². The maximum atomic E-state index is 13.2. The Morgan fingerprint density at radius 3 is 2.41 bits per heavy atom.